The first-order chi connectivity index (χ1) is 10.1. The fourth-order valence-corrected chi connectivity index (χ4v) is 3.80. The quantitative estimate of drug-likeness (QED) is 0.899. The molecule has 2 amide bonds. The molecule has 0 aromatic heterocycles. The highest BCUT2D eigenvalue weighted by Gasteiger charge is 2.41. The van der Waals surface area contributed by atoms with E-state index < -0.39 is 0 Å². The second kappa shape index (κ2) is 5.58. The van der Waals surface area contributed by atoms with Crippen LogP contribution in [0.2, 0.25) is 0 Å². The summed E-state index contributed by atoms with van der Waals surface area (Å²) in [6.45, 7) is 3.77. The molecule has 1 saturated heterocycles. The molecule has 1 spiro atoms. The number of rotatable bonds is 2. The molecular formula is C17H24N2O2. The number of aryl methyl sites for hydroxylation is 1. The van der Waals surface area contributed by atoms with Gasteiger partial charge in [-0.2, -0.15) is 0 Å². The number of likely N-dealkylation sites (tertiary alicyclic amines) is 1. The van der Waals surface area contributed by atoms with Gasteiger partial charge in [0.2, 0.25) is 0 Å². The number of carbonyl (C=O) groups is 1. The van der Waals surface area contributed by atoms with E-state index in [4.69, 9.17) is 4.74 Å². The van der Waals surface area contributed by atoms with Gasteiger partial charge in [0.05, 0.1) is 12.8 Å². The van der Waals surface area contributed by atoms with E-state index in [9.17, 15) is 4.79 Å². The molecule has 3 rings (SSSR count). The summed E-state index contributed by atoms with van der Waals surface area (Å²) in [6, 6.07) is 5.81. The zero-order chi connectivity index (χ0) is 14.9. The highest BCUT2D eigenvalue weighted by atomic mass is 16.5. The third-order valence-corrected chi connectivity index (χ3v) is 5.08. The van der Waals surface area contributed by atoms with Crippen LogP contribution in [0.4, 0.5) is 10.5 Å². The molecule has 2 aliphatic rings. The molecule has 0 radical (unpaired) electrons. The van der Waals surface area contributed by atoms with E-state index in [1.807, 2.05) is 30.0 Å². The minimum absolute atomic E-state index is 0.00590. The van der Waals surface area contributed by atoms with Gasteiger partial charge in [0.1, 0.15) is 5.75 Å². The van der Waals surface area contributed by atoms with Crippen molar-refractivity contribution in [3.63, 3.8) is 0 Å². The van der Waals surface area contributed by atoms with Crippen molar-refractivity contribution in [3.05, 3.63) is 23.8 Å². The lowest BCUT2D eigenvalue weighted by Crippen LogP contribution is -2.35. The number of ether oxygens (including phenoxy) is 1. The van der Waals surface area contributed by atoms with E-state index in [2.05, 4.69) is 5.32 Å². The SMILES string of the molecule is COc1cccc(C)c1NC(=O)N1CCC2(CCCC2)C1. The fourth-order valence-electron chi connectivity index (χ4n) is 3.80. The van der Waals surface area contributed by atoms with Crippen LogP contribution in [0.5, 0.6) is 5.75 Å². The normalized spacial score (nSPS) is 20.0. The molecule has 21 heavy (non-hydrogen) atoms. The summed E-state index contributed by atoms with van der Waals surface area (Å²) in [7, 11) is 1.63. The van der Waals surface area contributed by atoms with Gasteiger partial charge in [0.25, 0.3) is 0 Å². The molecule has 4 heteroatoms. The van der Waals surface area contributed by atoms with E-state index in [0.29, 0.717) is 5.41 Å². The van der Waals surface area contributed by atoms with Crippen LogP contribution in [0, 0.1) is 12.3 Å². The van der Waals surface area contributed by atoms with Crippen LogP contribution in [-0.2, 0) is 0 Å². The van der Waals surface area contributed by atoms with Gasteiger partial charge in [0.15, 0.2) is 0 Å². The third-order valence-electron chi connectivity index (χ3n) is 5.08. The first-order valence-corrected chi connectivity index (χ1v) is 7.83. The van der Waals surface area contributed by atoms with Gasteiger partial charge < -0.3 is 15.0 Å². The number of amides is 2. The molecule has 0 bridgehead atoms. The zero-order valence-corrected chi connectivity index (χ0v) is 12.9. The second-order valence-corrected chi connectivity index (χ2v) is 6.46. The lowest BCUT2D eigenvalue weighted by Gasteiger charge is -2.24. The van der Waals surface area contributed by atoms with Crippen LogP contribution in [0.1, 0.15) is 37.7 Å². The molecule has 4 nitrogen and oxygen atoms in total. The van der Waals surface area contributed by atoms with Crippen LogP contribution in [0.15, 0.2) is 18.2 Å². The summed E-state index contributed by atoms with van der Waals surface area (Å²) in [4.78, 5) is 14.5. The average Bonchev–Trinajstić information content (AvgIpc) is 3.12. The summed E-state index contributed by atoms with van der Waals surface area (Å²) >= 11 is 0. The van der Waals surface area contributed by atoms with Crippen molar-refractivity contribution in [3.8, 4) is 5.75 Å². The summed E-state index contributed by atoms with van der Waals surface area (Å²) in [5.41, 5.74) is 2.22. The zero-order valence-electron chi connectivity index (χ0n) is 12.9. The standard InChI is InChI=1S/C17H24N2O2/c1-13-6-5-7-14(21-2)15(13)18-16(20)19-11-10-17(12-19)8-3-4-9-17/h5-7H,3-4,8-12H2,1-2H3,(H,18,20). The van der Waals surface area contributed by atoms with Crippen LogP contribution < -0.4 is 10.1 Å². The lowest BCUT2D eigenvalue weighted by atomic mass is 9.86. The minimum Gasteiger partial charge on any atom is -0.495 e. The molecule has 1 saturated carbocycles. The van der Waals surface area contributed by atoms with Gasteiger partial charge in [-0.15, -0.1) is 0 Å². The molecule has 114 valence electrons. The summed E-state index contributed by atoms with van der Waals surface area (Å²) in [5.74, 6) is 0.720. The van der Waals surface area contributed by atoms with E-state index in [1.54, 1.807) is 7.11 Å². The number of hydrogen-bond acceptors (Lipinski definition) is 2. The van der Waals surface area contributed by atoms with Gasteiger partial charge in [0, 0.05) is 13.1 Å². The van der Waals surface area contributed by atoms with E-state index in [0.717, 1.165) is 36.5 Å². The number of carbonyl (C=O) groups excluding carboxylic acids is 1. The predicted octanol–water partition coefficient (Wildman–Crippen LogP) is 3.80. The maximum absolute atomic E-state index is 12.5. The topological polar surface area (TPSA) is 41.6 Å². The van der Waals surface area contributed by atoms with Crippen molar-refractivity contribution < 1.29 is 9.53 Å². The number of hydrogen-bond donors (Lipinski definition) is 1. The Morgan fingerprint density at radius 1 is 1.29 bits per heavy atom. The van der Waals surface area contributed by atoms with Crippen molar-refractivity contribution in [2.24, 2.45) is 5.41 Å². The van der Waals surface area contributed by atoms with Crippen LogP contribution in [0.25, 0.3) is 0 Å². The maximum atomic E-state index is 12.5. The molecular weight excluding hydrogens is 264 g/mol. The minimum atomic E-state index is 0.00590. The van der Waals surface area contributed by atoms with Crippen molar-refractivity contribution in [2.75, 3.05) is 25.5 Å². The molecule has 1 N–H and O–H groups in total. The first-order valence-electron chi connectivity index (χ1n) is 7.83. The van der Waals surface area contributed by atoms with Gasteiger partial charge in [-0.05, 0) is 43.2 Å². The molecule has 1 aromatic carbocycles. The molecule has 1 heterocycles. The Morgan fingerprint density at radius 2 is 2.05 bits per heavy atom. The Hall–Kier alpha value is -1.71. The molecule has 1 aliphatic heterocycles. The monoisotopic (exact) mass is 288 g/mol. The van der Waals surface area contributed by atoms with Gasteiger partial charge in [-0.1, -0.05) is 25.0 Å². The number of anilines is 1. The number of nitrogens with one attached hydrogen (secondary N) is 1. The Bertz CT molecular complexity index is 536. The predicted molar refractivity (Wildman–Crippen MR) is 83.8 cm³/mol. The highest BCUT2D eigenvalue weighted by Crippen LogP contribution is 2.45. The average molecular weight is 288 g/mol. The fraction of sp³-hybridized carbons (Fsp3) is 0.588. The van der Waals surface area contributed by atoms with E-state index in [-0.39, 0.29) is 6.03 Å². The summed E-state index contributed by atoms with van der Waals surface area (Å²) in [5, 5.41) is 3.04. The number of urea groups is 1. The molecule has 0 atom stereocenters. The van der Waals surface area contributed by atoms with E-state index >= 15 is 0 Å². The summed E-state index contributed by atoms with van der Waals surface area (Å²) in [6.07, 6.45) is 6.36. The number of para-hydroxylation sites is 1. The Labute approximate surface area is 126 Å². The molecule has 1 aromatic rings. The smallest absolute Gasteiger partial charge is 0.321 e. The largest absolute Gasteiger partial charge is 0.495 e. The van der Waals surface area contributed by atoms with Gasteiger partial charge >= 0.3 is 6.03 Å². The van der Waals surface area contributed by atoms with Crippen molar-refractivity contribution in [1.82, 2.24) is 4.90 Å². The summed E-state index contributed by atoms with van der Waals surface area (Å²) < 4.78 is 5.35. The van der Waals surface area contributed by atoms with Crippen LogP contribution >= 0.6 is 0 Å². The second-order valence-electron chi connectivity index (χ2n) is 6.46. The third kappa shape index (κ3) is 2.71. The van der Waals surface area contributed by atoms with Gasteiger partial charge in [-0.25, -0.2) is 4.79 Å². The Morgan fingerprint density at radius 3 is 2.76 bits per heavy atom. The lowest BCUT2D eigenvalue weighted by molar-refractivity contribution is 0.213. The number of methoxy groups -OCH3 is 1. The van der Waals surface area contributed by atoms with Gasteiger partial charge in [-0.3, -0.25) is 0 Å². The van der Waals surface area contributed by atoms with Crippen molar-refractivity contribution in [2.45, 2.75) is 39.0 Å². The molecule has 1 aliphatic carbocycles. The van der Waals surface area contributed by atoms with Crippen molar-refractivity contribution in [1.29, 1.82) is 0 Å². The van der Waals surface area contributed by atoms with Crippen LogP contribution in [-0.4, -0.2) is 31.1 Å². The molecule has 0 unspecified atom stereocenters. The first kappa shape index (κ1) is 14.2. The van der Waals surface area contributed by atoms with Crippen molar-refractivity contribution >= 4 is 11.7 Å². The maximum Gasteiger partial charge on any atom is 0.321 e. The Kier molecular flexibility index (Phi) is 3.79. The highest BCUT2D eigenvalue weighted by molar-refractivity contribution is 5.92. The number of nitrogens with zero attached hydrogens (tertiary/aromatic N) is 1. The molecule has 2 fully saturated rings. The number of benzene rings is 1. The Balaban J connectivity index is 1.70. The van der Waals surface area contributed by atoms with Crippen LogP contribution in [0.3, 0.4) is 0 Å². The van der Waals surface area contributed by atoms with E-state index in [1.165, 1.54) is 25.7 Å².